The van der Waals surface area contributed by atoms with E-state index in [9.17, 15) is 0 Å². The summed E-state index contributed by atoms with van der Waals surface area (Å²) in [5, 5.41) is 3.46. The SMILES string of the molecule is CN=C(NCCc1ccccc1OC)N1CCN(c2ncccn2)CC1. The molecule has 1 aliphatic rings. The quantitative estimate of drug-likeness (QED) is 0.647. The summed E-state index contributed by atoms with van der Waals surface area (Å²) >= 11 is 0. The summed E-state index contributed by atoms with van der Waals surface area (Å²) < 4.78 is 5.41. The number of rotatable bonds is 5. The van der Waals surface area contributed by atoms with E-state index < -0.39 is 0 Å². The van der Waals surface area contributed by atoms with Gasteiger partial charge in [0.05, 0.1) is 7.11 Å². The number of aromatic nitrogens is 2. The molecule has 1 aliphatic heterocycles. The molecule has 3 rings (SSSR count). The molecule has 0 amide bonds. The maximum atomic E-state index is 5.41. The van der Waals surface area contributed by atoms with Crippen LogP contribution in [0, 0.1) is 0 Å². The molecule has 1 saturated heterocycles. The summed E-state index contributed by atoms with van der Waals surface area (Å²) in [6.07, 6.45) is 4.46. The molecule has 0 radical (unpaired) electrons. The van der Waals surface area contributed by atoms with Crippen molar-refractivity contribution in [1.29, 1.82) is 0 Å². The highest BCUT2D eigenvalue weighted by Gasteiger charge is 2.20. The van der Waals surface area contributed by atoms with E-state index in [0.717, 1.165) is 56.8 Å². The summed E-state index contributed by atoms with van der Waals surface area (Å²) in [7, 11) is 3.54. The largest absolute Gasteiger partial charge is 0.496 e. The molecule has 2 aromatic rings. The maximum absolute atomic E-state index is 5.41. The highest BCUT2D eigenvalue weighted by molar-refractivity contribution is 5.80. The summed E-state index contributed by atoms with van der Waals surface area (Å²) in [5.74, 6) is 2.67. The van der Waals surface area contributed by atoms with Crippen LogP contribution < -0.4 is 15.0 Å². The van der Waals surface area contributed by atoms with Crippen LogP contribution in [-0.4, -0.2) is 67.7 Å². The Morgan fingerprint density at radius 3 is 2.54 bits per heavy atom. The average molecular weight is 354 g/mol. The lowest BCUT2D eigenvalue weighted by molar-refractivity contribution is 0.370. The lowest BCUT2D eigenvalue weighted by Crippen LogP contribution is -2.53. The number of guanidine groups is 1. The van der Waals surface area contributed by atoms with E-state index in [-0.39, 0.29) is 0 Å². The van der Waals surface area contributed by atoms with E-state index in [2.05, 4.69) is 36.1 Å². The normalized spacial score (nSPS) is 15.1. The first kappa shape index (κ1) is 18.0. The molecule has 0 aliphatic carbocycles. The van der Waals surface area contributed by atoms with Gasteiger partial charge in [0.25, 0.3) is 0 Å². The molecule has 0 bridgehead atoms. The Morgan fingerprint density at radius 2 is 1.85 bits per heavy atom. The summed E-state index contributed by atoms with van der Waals surface area (Å²) in [4.78, 5) is 17.6. The topological polar surface area (TPSA) is 65.9 Å². The minimum atomic E-state index is 0.797. The monoisotopic (exact) mass is 354 g/mol. The second-order valence-corrected chi connectivity index (χ2v) is 6.06. The number of methoxy groups -OCH3 is 1. The predicted octanol–water partition coefficient (Wildman–Crippen LogP) is 1.43. The molecule has 1 fully saturated rings. The molecule has 7 nitrogen and oxygen atoms in total. The van der Waals surface area contributed by atoms with Crippen LogP contribution in [0.25, 0.3) is 0 Å². The Balaban J connectivity index is 1.49. The van der Waals surface area contributed by atoms with Gasteiger partial charge in [-0.3, -0.25) is 4.99 Å². The fraction of sp³-hybridized carbons (Fsp3) is 0.421. The van der Waals surface area contributed by atoms with Crippen molar-refractivity contribution < 1.29 is 4.74 Å². The van der Waals surface area contributed by atoms with Crippen molar-refractivity contribution in [2.75, 3.05) is 51.8 Å². The third-order valence-corrected chi connectivity index (χ3v) is 4.50. The molecule has 26 heavy (non-hydrogen) atoms. The first-order valence-electron chi connectivity index (χ1n) is 8.91. The Morgan fingerprint density at radius 1 is 1.12 bits per heavy atom. The van der Waals surface area contributed by atoms with Crippen LogP contribution in [0.3, 0.4) is 0 Å². The smallest absolute Gasteiger partial charge is 0.225 e. The number of hydrogen-bond acceptors (Lipinski definition) is 5. The van der Waals surface area contributed by atoms with Crippen molar-refractivity contribution >= 4 is 11.9 Å². The van der Waals surface area contributed by atoms with Crippen molar-refractivity contribution in [3.8, 4) is 5.75 Å². The summed E-state index contributed by atoms with van der Waals surface area (Å²) in [6, 6.07) is 9.96. The van der Waals surface area contributed by atoms with E-state index in [1.807, 2.05) is 31.3 Å². The fourth-order valence-corrected chi connectivity index (χ4v) is 3.12. The number of anilines is 1. The molecule has 1 aromatic heterocycles. The van der Waals surface area contributed by atoms with Gasteiger partial charge in [-0.25, -0.2) is 9.97 Å². The average Bonchev–Trinajstić information content (AvgIpc) is 2.72. The van der Waals surface area contributed by atoms with Crippen LogP contribution >= 0.6 is 0 Å². The van der Waals surface area contributed by atoms with Gasteiger partial charge < -0.3 is 19.9 Å². The van der Waals surface area contributed by atoms with Gasteiger partial charge in [0.1, 0.15) is 5.75 Å². The van der Waals surface area contributed by atoms with Crippen LogP contribution in [0.15, 0.2) is 47.7 Å². The Hall–Kier alpha value is -2.83. The van der Waals surface area contributed by atoms with Gasteiger partial charge in [-0.15, -0.1) is 0 Å². The lowest BCUT2D eigenvalue weighted by atomic mass is 10.1. The Labute approximate surface area is 154 Å². The Bertz CT molecular complexity index is 713. The standard InChI is InChI=1S/C19H26N6O/c1-20-18(23-11-8-16-6-3-4-7-17(16)26-2)24-12-14-25(15-13-24)19-21-9-5-10-22-19/h3-7,9-10H,8,11-15H2,1-2H3,(H,20,23). The van der Waals surface area contributed by atoms with E-state index in [4.69, 9.17) is 4.74 Å². The number of aliphatic imine (C=N–C) groups is 1. The van der Waals surface area contributed by atoms with Gasteiger partial charge in [-0.05, 0) is 24.1 Å². The van der Waals surface area contributed by atoms with Gasteiger partial charge >= 0.3 is 0 Å². The molecular formula is C19H26N6O. The fourth-order valence-electron chi connectivity index (χ4n) is 3.12. The number of hydrogen-bond donors (Lipinski definition) is 1. The zero-order valence-corrected chi connectivity index (χ0v) is 15.4. The molecular weight excluding hydrogens is 328 g/mol. The number of piperazine rings is 1. The second-order valence-electron chi connectivity index (χ2n) is 6.06. The van der Waals surface area contributed by atoms with Gasteiger partial charge in [0.15, 0.2) is 5.96 Å². The number of nitrogens with zero attached hydrogens (tertiary/aromatic N) is 5. The van der Waals surface area contributed by atoms with Crippen molar-refractivity contribution in [3.63, 3.8) is 0 Å². The highest BCUT2D eigenvalue weighted by atomic mass is 16.5. The molecule has 0 spiro atoms. The summed E-state index contributed by atoms with van der Waals surface area (Å²) in [6.45, 7) is 4.38. The van der Waals surface area contributed by atoms with Crippen LogP contribution in [-0.2, 0) is 6.42 Å². The molecule has 138 valence electrons. The van der Waals surface area contributed by atoms with Gasteiger partial charge in [0.2, 0.25) is 5.95 Å². The van der Waals surface area contributed by atoms with Crippen LogP contribution in [0.2, 0.25) is 0 Å². The first-order valence-corrected chi connectivity index (χ1v) is 8.91. The molecule has 0 atom stereocenters. The third-order valence-electron chi connectivity index (χ3n) is 4.50. The molecule has 1 N–H and O–H groups in total. The highest BCUT2D eigenvalue weighted by Crippen LogP contribution is 2.17. The number of benzene rings is 1. The third kappa shape index (κ3) is 4.41. The maximum Gasteiger partial charge on any atom is 0.225 e. The van der Waals surface area contributed by atoms with Crippen LogP contribution in [0.4, 0.5) is 5.95 Å². The summed E-state index contributed by atoms with van der Waals surface area (Å²) in [5.41, 5.74) is 1.20. The minimum absolute atomic E-state index is 0.797. The molecule has 1 aromatic carbocycles. The Kier molecular flexibility index (Phi) is 6.24. The lowest BCUT2D eigenvalue weighted by Gasteiger charge is -2.36. The van der Waals surface area contributed by atoms with Crippen molar-refractivity contribution in [2.24, 2.45) is 4.99 Å². The minimum Gasteiger partial charge on any atom is -0.496 e. The van der Waals surface area contributed by atoms with E-state index >= 15 is 0 Å². The molecule has 0 saturated carbocycles. The van der Waals surface area contributed by atoms with E-state index in [1.165, 1.54) is 5.56 Å². The molecule has 2 heterocycles. The number of para-hydroxylation sites is 1. The van der Waals surface area contributed by atoms with Crippen LogP contribution in [0.5, 0.6) is 5.75 Å². The van der Waals surface area contributed by atoms with Crippen LogP contribution in [0.1, 0.15) is 5.56 Å². The molecule has 7 heteroatoms. The number of ether oxygens (including phenoxy) is 1. The molecule has 0 unspecified atom stereocenters. The van der Waals surface area contributed by atoms with Crippen molar-refractivity contribution in [2.45, 2.75) is 6.42 Å². The van der Waals surface area contributed by atoms with E-state index in [1.54, 1.807) is 19.5 Å². The van der Waals surface area contributed by atoms with Crippen molar-refractivity contribution in [3.05, 3.63) is 48.3 Å². The zero-order valence-electron chi connectivity index (χ0n) is 15.4. The predicted molar refractivity (Wildman–Crippen MR) is 104 cm³/mol. The zero-order chi connectivity index (χ0) is 18.2. The number of nitrogens with one attached hydrogen (secondary N) is 1. The first-order chi connectivity index (χ1) is 12.8. The van der Waals surface area contributed by atoms with Gasteiger partial charge in [-0.2, -0.15) is 0 Å². The second kappa shape index (κ2) is 9.03. The van der Waals surface area contributed by atoms with Gasteiger partial charge in [0, 0.05) is 52.2 Å². The van der Waals surface area contributed by atoms with Crippen molar-refractivity contribution in [1.82, 2.24) is 20.2 Å². The van der Waals surface area contributed by atoms with Gasteiger partial charge in [-0.1, -0.05) is 18.2 Å². The van der Waals surface area contributed by atoms with E-state index in [0.29, 0.717) is 0 Å².